The largest absolute Gasteiger partial charge is 0.496 e. The second-order valence-corrected chi connectivity index (χ2v) is 14.3. The smallest absolute Gasteiger partial charge is 0.166 e. The van der Waals surface area contributed by atoms with Gasteiger partial charge in [-0.1, -0.05) is 93.1 Å². The predicted octanol–water partition coefficient (Wildman–Crippen LogP) is 9.41. The van der Waals surface area contributed by atoms with Gasteiger partial charge in [0, 0.05) is 46.8 Å². The third kappa shape index (κ3) is 7.13. The molecule has 44 heavy (non-hydrogen) atoms. The summed E-state index contributed by atoms with van der Waals surface area (Å²) in [6.07, 6.45) is 1.59. The Bertz CT molecular complexity index is 1490. The first-order chi connectivity index (χ1) is 20.1. The van der Waals surface area contributed by atoms with Crippen LogP contribution in [0.4, 0.5) is 0 Å². The van der Waals surface area contributed by atoms with E-state index < -0.39 is 0 Å². The Hall–Kier alpha value is -2.96. The second-order valence-electron chi connectivity index (χ2n) is 13.5. The summed E-state index contributed by atoms with van der Waals surface area (Å²) in [6, 6.07) is 14.3. The van der Waals surface area contributed by atoms with Crippen LogP contribution in [0.1, 0.15) is 106 Å². The number of carbonyl (C=O) groups excluding carboxylic acids is 2. The van der Waals surface area contributed by atoms with Gasteiger partial charge in [-0.3, -0.25) is 9.59 Å². The fourth-order valence-electron chi connectivity index (χ4n) is 5.99. The van der Waals surface area contributed by atoms with Gasteiger partial charge >= 0.3 is 0 Å². The van der Waals surface area contributed by atoms with E-state index >= 15 is 0 Å². The lowest BCUT2D eigenvalue weighted by atomic mass is 9.81. The lowest BCUT2D eigenvalue weighted by Gasteiger charge is -2.26. The van der Waals surface area contributed by atoms with Crippen molar-refractivity contribution in [3.05, 3.63) is 80.3 Å². The van der Waals surface area contributed by atoms with Crippen LogP contribution in [0.3, 0.4) is 0 Å². The fraction of sp³-hybridized carbons (Fsp3) is 0.474. The lowest BCUT2D eigenvalue weighted by Crippen LogP contribution is -2.15. The topological polar surface area (TPSA) is 72.8 Å². The molecule has 0 saturated heterocycles. The van der Waals surface area contributed by atoms with Crippen LogP contribution in [0.5, 0.6) is 11.5 Å². The molecular weight excluding hydrogens is 616 g/mol. The SMILES string of the molecule is C.CO.COc1c(C(C)(C)C)cc2c(c1-c1ccccc1)CC(C)C2=O.COc1c(C(C)(C)C)cc2c(c1Br)CC(C)C2=O. The molecule has 240 valence electrons. The lowest BCUT2D eigenvalue weighted by molar-refractivity contribution is 0.0939. The van der Waals surface area contributed by atoms with Crippen molar-refractivity contribution >= 4 is 27.5 Å². The summed E-state index contributed by atoms with van der Waals surface area (Å²) in [7, 11) is 4.41. The van der Waals surface area contributed by atoms with Gasteiger partial charge in [0.25, 0.3) is 0 Å². The van der Waals surface area contributed by atoms with Gasteiger partial charge in [-0.15, -0.1) is 0 Å². The van der Waals surface area contributed by atoms with Gasteiger partial charge in [-0.25, -0.2) is 0 Å². The van der Waals surface area contributed by atoms with E-state index in [1.165, 1.54) is 0 Å². The standard InChI is InChI=1S/C21H24O2.C15H19BrO2.CH4O.CH4/c1-13-11-15-16(19(13)22)12-17(21(2,3)4)20(23-5)18(15)14-9-7-6-8-10-14;1-8-6-9-10(13(8)17)7-11(15(2,3)4)14(18-5)12(9)16;1-2;/h6-10,12-13H,11H2,1-5H3;7-8H,6H2,1-5H3;2H,1H3;1H4. The molecule has 6 heteroatoms. The molecule has 0 aromatic heterocycles. The normalized spacial score (nSPS) is 16.9. The summed E-state index contributed by atoms with van der Waals surface area (Å²) < 4.78 is 12.3. The van der Waals surface area contributed by atoms with Gasteiger partial charge in [0.05, 0.1) is 18.7 Å². The summed E-state index contributed by atoms with van der Waals surface area (Å²) in [5.74, 6) is 2.40. The summed E-state index contributed by atoms with van der Waals surface area (Å²) in [4.78, 5) is 24.8. The van der Waals surface area contributed by atoms with Crippen molar-refractivity contribution < 1.29 is 24.2 Å². The number of hydrogen-bond acceptors (Lipinski definition) is 5. The van der Waals surface area contributed by atoms with Crippen LogP contribution >= 0.6 is 15.9 Å². The molecule has 0 saturated carbocycles. The molecule has 3 aromatic carbocycles. The van der Waals surface area contributed by atoms with Gasteiger partial charge < -0.3 is 14.6 Å². The summed E-state index contributed by atoms with van der Waals surface area (Å²) in [5, 5.41) is 7.00. The molecule has 1 N–H and O–H groups in total. The molecule has 0 spiro atoms. The minimum Gasteiger partial charge on any atom is -0.496 e. The minimum absolute atomic E-state index is 0. The van der Waals surface area contributed by atoms with Crippen LogP contribution in [0, 0.1) is 11.8 Å². The van der Waals surface area contributed by atoms with Gasteiger partial charge in [-0.2, -0.15) is 0 Å². The molecule has 0 fully saturated rings. The molecule has 0 heterocycles. The second kappa shape index (κ2) is 14.4. The van der Waals surface area contributed by atoms with Crippen LogP contribution in [0.25, 0.3) is 11.1 Å². The maximum atomic E-state index is 12.6. The number of hydrogen-bond donors (Lipinski definition) is 1. The highest BCUT2D eigenvalue weighted by atomic mass is 79.9. The van der Waals surface area contributed by atoms with Crippen molar-refractivity contribution in [2.24, 2.45) is 11.8 Å². The number of fused-ring (bicyclic) bond motifs is 2. The third-order valence-electron chi connectivity index (χ3n) is 8.24. The zero-order valence-corrected chi connectivity index (χ0v) is 29.2. The van der Waals surface area contributed by atoms with Crippen molar-refractivity contribution in [2.75, 3.05) is 21.3 Å². The first kappa shape index (κ1) is 37.2. The number of methoxy groups -OCH3 is 2. The van der Waals surface area contributed by atoms with E-state index in [0.29, 0.717) is 0 Å². The number of ether oxygens (including phenoxy) is 2. The zero-order valence-electron chi connectivity index (χ0n) is 27.6. The predicted molar refractivity (Wildman–Crippen MR) is 186 cm³/mol. The summed E-state index contributed by atoms with van der Waals surface area (Å²) in [6.45, 7) is 16.9. The Kier molecular flexibility index (Phi) is 12.2. The van der Waals surface area contributed by atoms with Crippen LogP contribution in [0.2, 0.25) is 0 Å². The molecule has 2 unspecified atom stereocenters. The van der Waals surface area contributed by atoms with Crippen molar-refractivity contribution in [3.63, 3.8) is 0 Å². The Morgan fingerprint density at radius 2 is 1.14 bits per heavy atom. The Labute approximate surface area is 273 Å². The number of Topliss-reactive ketones (excluding diaryl/α,β-unsaturated/α-hetero) is 2. The first-order valence-electron chi connectivity index (χ1n) is 14.8. The highest BCUT2D eigenvalue weighted by molar-refractivity contribution is 9.10. The average Bonchev–Trinajstić information content (AvgIpc) is 3.42. The maximum Gasteiger partial charge on any atom is 0.166 e. The number of carbonyl (C=O) groups is 2. The van der Waals surface area contributed by atoms with E-state index in [1.54, 1.807) is 14.2 Å². The van der Waals surface area contributed by atoms with E-state index in [-0.39, 0.29) is 41.7 Å². The van der Waals surface area contributed by atoms with E-state index in [4.69, 9.17) is 14.6 Å². The maximum absolute atomic E-state index is 12.6. The average molecular weight is 668 g/mol. The number of aliphatic hydroxyl groups is 1. The van der Waals surface area contributed by atoms with Crippen molar-refractivity contribution in [3.8, 4) is 22.6 Å². The number of halogens is 1. The number of aliphatic hydroxyl groups excluding tert-OH is 1. The molecule has 0 radical (unpaired) electrons. The molecule has 2 atom stereocenters. The van der Waals surface area contributed by atoms with Gasteiger partial charge in [0.15, 0.2) is 11.6 Å². The zero-order chi connectivity index (χ0) is 32.4. The first-order valence-corrected chi connectivity index (χ1v) is 15.6. The Morgan fingerprint density at radius 3 is 1.57 bits per heavy atom. The molecule has 2 aliphatic carbocycles. The highest BCUT2D eigenvalue weighted by Gasteiger charge is 2.35. The molecule has 0 bridgehead atoms. The monoisotopic (exact) mass is 666 g/mol. The van der Waals surface area contributed by atoms with Crippen molar-refractivity contribution in [1.82, 2.24) is 0 Å². The molecular formula is C38H51BrO5. The number of rotatable bonds is 3. The van der Waals surface area contributed by atoms with Crippen LogP contribution in [0.15, 0.2) is 46.9 Å². The Balaban J connectivity index is 0.000000292. The molecule has 0 aliphatic heterocycles. The van der Waals surface area contributed by atoms with Crippen molar-refractivity contribution in [1.29, 1.82) is 0 Å². The number of benzene rings is 3. The van der Waals surface area contributed by atoms with E-state index in [2.05, 4.69) is 75.7 Å². The Morgan fingerprint density at radius 1 is 0.727 bits per heavy atom. The van der Waals surface area contributed by atoms with Crippen LogP contribution in [-0.4, -0.2) is 38.0 Å². The highest BCUT2D eigenvalue weighted by Crippen LogP contribution is 2.47. The molecule has 5 nitrogen and oxygen atoms in total. The third-order valence-corrected chi connectivity index (χ3v) is 9.08. The van der Waals surface area contributed by atoms with Crippen molar-refractivity contribution in [2.45, 2.75) is 86.5 Å². The van der Waals surface area contributed by atoms with Crippen LogP contribution in [-0.2, 0) is 23.7 Å². The number of ketones is 2. The van der Waals surface area contributed by atoms with E-state index in [9.17, 15) is 9.59 Å². The minimum atomic E-state index is -0.0873. The van der Waals surface area contributed by atoms with E-state index in [0.717, 1.165) is 80.4 Å². The van der Waals surface area contributed by atoms with Gasteiger partial charge in [0.2, 0.25) is 0 Å². The summed E-state index contributed by atoms with van der Waals surface area (Å²) in [5.41, 5.74) is 8.23. The molecule has 5 rings (SSSR count). The molecule has 2 aliphatic rings. The molecule has 3 aromatic rings. The summed E-state index contributed by atoms with van der Waals surface area (Å²) >= 11 is 3.61. The molecule has 0 amide bonds. The van der Waals surface area contributed by atoms with E-state index in [1.807, 2.05) is 38.1 Å². The van der Waals surface area contributed by atoms with Gasteiger partial charge in [0.1, 0.15) is 11.5 Å². The van der Waals surface area contributed by atoms with Crippen LogP contribution < -0.4 is 9.47 Å². The fourth-order valence-corrected chi connectivity index (χ4v) is 6.74. The van der Waals surface area contributed by atoms with Gasteiger partial charge in [-0.05, 0) is 68.4 Å². The quantitative estimate of drug-likeness (QED) is 0.301.